The number of hydrogen-bond donors (Lipinski definition) is 2. The zero-order valence-electron chi connectivity index (χ0n) is 9.57. The quantitative estimate of drug-likeness (QED) is 0.731. The van der Waals surface area contributed by atoms with E-state index in [4.69, 9.17) is 9.84 Å². The zero-order valence-corrected chi connectivity index (χ0v) is 9.57. The zero-order chi connectivity index (χ0) is 11.4. The number of nitrogens with one attached hydrogen (secondary N) is 1. The van der Waals surface area contributed by atoms with Gasteiger partial charge in [0.1, 0.15) is 5.60 Å². The van der Waals surface area contributed by atoms with Crippen molar-refractivity contribution in [1.82, 2.24) is 10.2 Å². The molecular weight excluding hydrogens is 208 g/mol. The fourth-order valence-electron chi connectivity index (χ4n) is 2.44. The monoisotopic (exact) mass is 228 g/mol. The van der Waals surface area contributed by atoms with E-state index in [1.54, 1.807) is 4.90 Å². The molecule has 0 aromatic carbocycles. The Balaban J connectivity index is 1.88. The average Bonchev–Trinajstić information content (AvgIpc) is 2.29. The van der Waals surface area contributed by atoms with E-state index in [1.165, 1.54) is 0 Å². The van der Waals surface area contributed by atoms with Gasteiger partial charge in [0.25, 0.3) is 0 Å². The third kappa shape index (κ3) is 2.47. The summed E-state index contributed by atoms with van der Waals surface area (Å²) in [6.07, 6.45) is 3.35. The second kappa shape index (κ2) is 5.01. The van der Waals surface area contributed by atoms with Crippen LogP contribution in [-0.4, -0.2) is 54.5 Å². The van der Waals surface area contributed by atoms with Gasteiger partial charge in [-0.15, -0.1) is 0 Å². The minimum Gasteiger partial charge on any atom is -0.441 e. The lowest BCUT2D eigenvalue weighted by molar-refractivity contribution is -0.0608. The summed E-state index contributed by atoms with van der Waals surface area (Å²) in [5, 5.41) is 12.0. The Morgan fingerprint density at radius 3 is 3.00 bits per heavy atom. The SMILES string of the molecule is O=C1OC2(CCCNC2)CCN1CCCO. The Labute approximate surface area is 95.8 Å². The van der Waals surface area contributed by atoms with Crippen LogP contribution in [0.25, 0.3) is 0 Å². The molecule has 2 fully saturated rings. The highest BCUT2D eigenvalue weighted by molar-refractivity contribution is 5.69. The van der Waals surface area contributed by atoms with Gasteiger partial charge in [0.15, 0.2) is 0 Å². The molecule has 2 saturated heterocycles. The Morgan fingerprint density at radius 2 is 2.38 bits per heavy atom. The number of nitrogens with zero attached hydrogens (tertiary/aromatic N) is 1. The normalized spacial score (nSPS) is 30.6. The van der Waals surface area contributed by atoms with Crippen LogP contribution < -0.4 is 5.32 Å². The molecule has 16 heavy (non-hydrogen) atoms. The molecule has 5 nitrogen and oxygen atoms in total. The van der Waals surface area contributed by atoms with Crippen LogP contribution in [0.1, 0.15) is 25.7 Å². The van der Waals surface area contributed by atoms with Gasteiger partial charge in [0.05, 0.1) is 0 Å². The van der Waals surface area contributed by atoms with Crippen LogP contribution in [0, 0.1) is 0 Å². The first-order valence-corrected chi connectivity index (χ1v) is 6.05. The minimum atomic E-state index is -0.259. The van der Waals surface area contributed by atoms with Crippen molar-refractivity contribution in [2.75, 3.05) is 32.8 Å². The molecule has 5 heteroatoms. The number of aliphatic hydroxyl groups excluding tert-OH is 1. The number of hydrogen-bond acceptors (Lipinski definition) is 4. The molecule has 2 N–H and O–H groups in total. The van der Waals surface area contributed by atoms with Crippen LogP contribution in [0.5, 0.6) is 0 Å². The topological polar surface area (TPSA) is 61.8 Å². The van der Waals surface area contributed by atoms with E-state index in [1.807, 2.05) is 0 Å². The molecule has 92 valence electrons. The van der Waals surface area contributed by atoms with Crippen LogP contribution in [0.3, 0.4) is 0 Å². The fraction of sp³-hybridized carbons (Fsp3) is 0.909. The van der Waals surface area contributed by atoms with Gasteiger partial charge in [-0.25, -0.2) is 4.79 Å². The number of rotatable bonds is 3. The van der Waals surface area contributed by atoms with Crippen LogP contribution in [0.4, 0.5) is 4.79 Å². The highest BCUT2D eigenvalue weighted by Gasteiger charge is 2.41. The van der Waals surface area contributed by atoms with E-state index in [0.29, 0.717) is 13.0 Å². The summed E-state index contributed by atoms with van der Waals surface area (Å²) >= 11 is 0. The van der Waals surface area contributed by atoms with E-state index in [0.717, 1.165) is 38.9 Å². The molecule has 0 bridgehead atoms. The summed E-state index contributed by atoms with van der Waals surface area (Å²) in [5.41, 5.74) is -0.259. The van der Waals surface area contributed by atoms with Crippen molar-refractivity contribution < 1.29 is 14.6 Å². The summed E-state index contributed by atoms with van der Waals surface area (Å²) in [5.74, 6) is 0. The van der Waals surface area contributed by atoms with Crippen LogP contribution in [-0.2, 0) is 4.74 Å². The van der Waals surface area contributed by atoms with Crippen LogP contribution >= 0.6 is 0 Å². The molecular formula is C11H20N2O3. The van der Waals surface area contributed by atoms with Crippen molar-refractivity contribution in [3.8, 4) is 0 Å². The van der Waals surface area contributed by atoms with Gasteiger partial charge in [-0.3, -0.25) is 0 Å². The Morgan fingerprint density at radius 1 is 1.50 bits per heavy atom. The second-order valence-electron chi connectivity index (χ2n) is 4.65. The van der Waals surface area contributed by atoms with Gasteiger partial charge in [-0.05, 0) is 25.8 Å². The highest BCUT2D eigenvalue weighted by Crippen LogP contribution is 2.29. The van der Waals surface area contributed by atoms with Crippen molar-refractivity contribution in [1.29, 1.82) is 0 Å². The molecule has 2 aliphatic heterocycles. The second-order valence-corrected chi connectivity index (χ2v) is 4.65. The van der Waals surface area contributed by atoms with Gasteiger partial charge in [0.2, 0.25) is 0 Å². The fourth-order valence-corrected chi connectivity index (χ4v) is 2.44. The summed E-state index contributed by atoms with van der Waals surface area (Å²) in [6, 6.07) is 0. The molecule has 2 rings (SSSR count). The molecule has 1 spiro atoms. The molecule has 0 aliphatic carbocycles. The summed E-state index contributed by atoms with van der Waals surface area (Å²) in [4.78, 5) is 13.5. The highest BCUT2D eigenvalue weighted by atomic mass is 16.6. The van der Waals surface area contributed by atoms with Crippen molar-refractivity contribution in [2.45, 2.75) is 31.3 Å². The van der Waals surface area contributed by atoms with E-state index < -0.39 is 0 Å². The van der Waals surface area contributed by atoms with Gasteiger partial charge < -0.3 is 20.1 Å². The summed E-state index contributed by atoms with van der Waals surface area (Å²) in [7, 11) is 0. The summed E-state index contributed by atoms with van der Waals surface area (Å²) in [6.45, 7) is 3.27. The molecule has 0 saturated carbocycles. The van der Waals surface area contributed by atoms with Gasteiger partial charge in [0, 0.05) is 32.7 Å². The summed E-state index contributed by atoms with van der Waals surface area (Å²) < 4.78 is 5.57. The van der Waals surface area contributed by atoms with E-state index in [2.05, 4.69) is 5.32 Å². The number of piperidine rings is 1. The predicted molar refractivity (Wildman–Crippen MR) is 59.2 cm³/mol. The smallest absolute Gasteiger partial charge is 0.410 e. The molecule has 2 aliphatic rings. The molecule has 1 atom stereocenters. The molecule has 1 unspecified atom stereocenters. The van der Waals surface area contributed by atoms with Crippen molar-refractivity contribution in [3.05, 3.63) is 0 Å². The lowest BCUT2D eigenvalue weighted by Gasteiger charge is -2.43. The van der Waals surface area contributed by atoms with Gasteiger partial charge in [-0.1, -0.05) is 0 Å². The van der Waals surface area contributed by atoms with E-state index in [-0.39, 0.29) is 18.3 Å². The maximum atomic E-state index is 11.8. The maximum absolute atomic E-state index is 11.8. The average molecular weight is 228 g/mol. The van der Waals surface area contributed by atoms with Gasteiger partial charge >= 0.3 is 6.09 Å². The number of carbonyl (C=O) groups is 1. The number of carbonyl (C=O) groups excluding carboxylic acids is 1. The molecule has 2 heterocycles. The lowest BCUT2D eigenvalue weighted by atomic mass is 9.89. The van der Waals surface area contributed by atoms with E-state index >= 15 is 0 Å². The van der Waals surface area contributed by atoms with Crippen molar-refractivity contribution >= 4 is 6.09 Å². The first kappa shape index (κ1) is 11.7. The van der Waals surface area contributed by atoms with Crippen LogP contribution in [0.2, 0.25) is 0 Å². The maximum Gasteiger partial charge on any atom is 0.410 e. The standard InChI is InChI=1S/C11H20N2O3/c14-8-2-6-13-7-4-11(16-10(13)15)3-1-5-12-9-11/h12,14H,1-9H2. The number of aliphatic hydroxyl groups is 1. The molecule has 0 aromatic heterocycles. The first-order valence-electron chi connectivity index (χ1n) is 6.05. The molecule has 1 amide bonds. The number of ether oxygens (including phenoxy) is 1. The third-order valence-corrected chi connectivity index (χ3v) is 3.42. The molecule has 0 radical (unpaired) electrons. The van der Waals surface area contributed by atoms with Crippen molar-refractivity contribution in [3.63, 3.8) is 0 Å². The Hall–Kier alpha value is -0.810. The predicted octanol–water partition coefficient (Wildman–Crippen LogP) is 0.333. The van der Waals surface area contributed by atoms with E-state index in [9.17, 15) is 4.79 Å². The Bertz CT molecular complexity index is 252. The van der Waals surface area contributed by atoms with Crippen LogP contribution in [0.15, 0.2) is 0 Å². The van der Waals surface area contributed by atoms with Crippen molar-refractivity contribution in [2.24, 2.45) is 0 Å². The third-order valence-electron chi connectivity index (χ3n) is 3.42. The Kier molecular flexibility index (Phi) is 3.66. The first-order chi connectivity index (χ1) is 7.76. The van der Waals surface area contributed by atoms with Gasteiger partial charge in [-0.2, -0.15) is 0 Å². The molecule has 0 aromatic rings. The largest absolute Gasteiger partial charge is 0.441 e. The number of amides is 1. The lowest BCUT2D eigenvalue weighted by Crippen LogP contribution is -2.56. The minimum absolute atomic E-state index is 0.122.